The van der Waals surface area contributed by atoms with Crippen LogP contribution in [-0.2, 0) is 9.53 Å². The van der Waals surface area contributed by atoms with Crippen LogP contribution in [0.3, 0.4) is 0 Å². The minimum atomic E-state index is -0.562. The maximum atomic E-state index is 12.5. The quantitative estimate of drug-likeness (QED) is 0.716. The van der Waals surface area contributed by atoms with E-state index in [9.17, 15) is 14.4 Å². The number of carbonyl (C=O) groups excluding carboxylic acids is 3. The molecule has 1 fully saturated rings. The number of ether oxygens (including phenoxy) is 1. The molecular weight excluding hydrogens is 426 g/mol. The summed E-state index contributed by atoms with van der Waals surface area (Å²) < 4.78 is 6.06. The van der Waals surface area contributed by atoms with E-state index < -0.39 is 11.7 Å². The standard InChI is InChI=1S/C20H28BrN3O4/c1-20(2,3)28-19(27)22-11-8-17(25)23-16-9-12-24(13-10-16)18(26)14-4-6-15(21)7-5-14/h4-7,16H,8-13H2,1-3H3,(H,22,27)(H,23,25). The van der Waals surface area contributed by atoms with Gasteiger partial charge in [0.1, 0.15) is 5.60 Å². The Kier molecular flexibility index (Phi) is 7.86. The van der Waals surface area contributed by atoms with Gasteiger partial charge in [-0.25, -0.2) is 4.79 Å². The summed E-state index contributed by atoms with van der Waals surface area (Å²) in [4.78, 5) is 37.9. The average molecular weight is 454 g/mol. The summed E-state index contributed by atoms with van der Waals surface area (Å²) in [6.45, 7) is 6.79. The fourth-order valence-corrected chi connectivity index (χ4v) is 3.16. The number of nitrogens with zero attached hydrogens (tertiary/aromatic N) is 1. The molecule has 7 nitrogen and oxygen atoms in total. The normalized spacial score (nSPS) is 15.1. The highest BCUT2D eigenvalue weighted by molar-refractivity contribution is 9.10. The van der Waals surface area contributed by atoms with Gasteiger partial charge in [-0.2, -0.15) is 0 Å². The van der Waals surface area contributed by atoms with E-state index in [1.54, 1.807) is 32.9 Å². The summed E-state index contributed by atoms with van der Waals surface area (Å²) in [7, 11) is 0. The number of hydrogen-bond donors (Lipinski definition) is 2. The first kappa shape index (κ1) is 22.2. The minimum absolute atomic E-state index is 0.0128. The van der Waals surface area contributed by atoms with E-state index in [-0.39, 0.29) is 30.8 Å². The number of hydrogen-bond acceptors (Lipinski definition) is 4. The molecule has 1 heterocycles. The second-order valence-corrected chi connectivity index (χ2v) is 8.74. The SMILES string of the molecule is CC(C)(C)OC(=O)NCCC(=O)NC1CCN(C(=O)c2ccc(Br)cc2)CC1. The predicted molar refractivity (Wildman–Crippen MR) is 110 cm³/mol. The van der Waals surface area contributed by atoms with E-state index >= 15 is 0 Å². The van der Waals surface area contributed by atoms with Gasteiger partial charge in [-0.1, -0.05) is 15.9 Å². The molecule has 0 aliphatic carbocycles. The molecule has 0 atom stereocenters. The van der Waals surface area contributed by atoms with E-state index in [0.29, 0.717) is 31.5 Å². The number of rotatable bonds is 5. The number of halogens is 1. The van der Waals surface area contributed by atoms with E-state index in [0.717, 1.165) is 4.47 Å². The van der Waals surface area contributed by atoms with Crippen LogP contribution < -0.4 is 10.6 Å². The molecule has 1 aliphatic rings. The van der Waals surface area contributed by atoms with E-state index in [1.807, 2.05) is 17.0 Å². The number of carbonyl (C=O) groups is 3. The highest BCUT2D eigenvalue weighted by atomic mass is 79.9. The summed E-state index contributed by atoms with van der Waals surface area (Å²) in [6, 6.07) is 7.36. The monoisotopic (exact) mass is 453 g/mol. The Morgan fingerprint density at radius 1 is 1.14 bits per heavy atom. The maximum absolute atomic E-state index is 12.5. The van der Waals surface area contributed by atoms with E-state index in [2.05, 4.69) is 26.6 Å². The van der Waals surface area contributed by atoms with Gasteiger partial charge in [-0.15, -0.1) is 0 Å². The fourth-order valence-electron chi connectivity index (χ4n) is 2.89. The first-order valence-electron chi connectivity index (χ1n) is 9.45. The number of alkyl carbamates (subject to hydrolysis) is 1. The van der Waals surface area contributed by atoms with Gasteiger partial charge in [0.2, 0.25) is 5.91 Å². The molecule has 1 aliphatic heterocycles. The van der Waals surface area contributed by atoms with Gasteiger partial charge in [0.15, 0.2) is 0 Å². The van der Waals surface area contributed by atoms with Crippen LogP contribution in [0.1, 0.15) is 50.4 Å². The molecule has 0 bridgehead atoms. The van der Waals surface area contributed by atoms with Crippen molar-refractivity contribution in [2.75, 3.05) is 19.6 Å². The Bertz CT molecular complexity index is 692. The Hall–Kier alpha value is -2.09. The molecule has 0 radical (unpaired) electrons. The summed E-state index contributed by atoms with van der Waals surface area (Å²) in [6.07, 6.45) is 1.10. The van der Waals surface area contributed by atoms with Gasteiger partial charge in [0, 0.05) is 42.1 Å². The van der Waals surface area contributed by atoms with Crippen LogP contribution in [-0.4, -0.2) is 54.1 Å². The van der Waals surface area contributed by atoms with E-state index in [4.69, 9.17) is 4.74 Å². The van der Waals surface area contributed by atoms with Crippen molar-refractivity contribution in [3.05, 3.63) is 34.3 Å². The van der Waals surface area contributed by atoms with Crippen molar-refractivity contribution in [3.63, 3.8) is 0 Å². The molecule has 3 amide bonds. The lowest BCUT2D eigenvalue weighted by Gasteiger charge is -2.32. The number of benzene rings is 1. The largest absolute Gasteiger partial charge is 0.444 e. The Labute approximate surface area is 174 Å². The smallest absolute Gasteiger partial charge is 0.407 e. The molecule has 1 aromatic carbocycles. The molecule has 1 saturated heterocycles. The van der Waals surface area contributed by atoms with Crippen LogP contribution >= 0.6 is 15.9 Å². The number of nitrogens with one attached hydrogen (secondary N) is 2. The third kappa shape index (κ3) is 7.50. The topological polar surface area (TPSA) is 87.7 Å². The van der Waals surface area contributed by atoms with Gasteiger partial charge < -0.3 is 20.3 Å². The molecule has 8 heteroatoms. The molecule has 28 heavy (non-hydrogen) atoms. The van der Waals surface area contributed by atoms with Crippen molar-refractivity contribution in [2.24, 2.45) is 0 Å². The molecule has 0 aromatic heterocycles. The third-order valence-corrected chi connectivity index (χ3v) is 4.79. The lowest BCUT2D eigenvalue weighted by atomic mass is 10.0. The van der Waals surface area contributed by atoms with Crippen LogP contribution in [0.25, 0.3) is 0 Å². The van der Waals surface area contributed by atoms with Crippen molar-refractivity contribution in [2.45, 2.75) is 51.7 Å². The first-order valence-corrected chi connectivity index (χ1v) is 10.2. The van der Waals surface area contributed by atoms with Gasteiger partial charge >= 0.3 is 6.09 Å². The predicted octanol–water partition coefficient (Wildman–Crippen LogP) is 3.08. The van der Waals surface area contributed by atoms with Gasteiger partial charge in [0.25, 0.3) is 5.91 Å². The molecule has 0 spiro atoms. The fraction of sp³-hybridized carbons (Fsp3) is 0.550. The van der Waals surface area contributed by atoms with Crippen LogP contribution in [0.4, 0.5) is 4.79 Å². The highest BCUT2D eigenvalue weighted by Crippen LogP contribution is 2.16. The number of likely N-dealkylation sites (tertiary alicyclic amines) is 1. The molecular formula is C20H28BrN3O4. The zero-order valence-corrected chi connectivity index (χ0v) is 18.2. The van der Waals surface area contributed by atoms with Crippen LogP contribution in [0.15, 0.2) is 28.7 Å². The van der Waals surface area contributed by atoms with Crippen molar-refractivity contribution in [1.82, 2.24) is 15.5 Å². The lowest BCUT2D eigenvalue weighted by Crippen LogP contribution is -2.47. The summed E-state index contributed by atoms with van der Waals surface area (Å²) in [5, 5.41) is 5.55. The molecule has 2 rings (SSSR count). The van der Waals surface area contributed by atoms with Gasteiger partial charge in [-0.3, -0.25) is 9.59 Å². The third-order valence-electron chi connectivity index (χ3n) is 4.26. The minimum Gasteiger partial charge on any atom is -0.444 e. The van der Waals surface area contributed by atoms with Gasteiger partial charge in [0.05, 0.1) is 0 Å². The average Bonchev–Trinajstić information content (AvgIpc) is 2.61. The zero-order chi connectivity index (χ0) is 20.7. The van der Waals surface area contributed by atoms with Crippen LogP contribution in [0, 0.1) is 0 Å². The van der Waals surface area contributed by atoms with E-state index in [1.165, 1.54) is 0 Å². The number of piperidine rings is 1. The second kappa shape index (κ2) is 9.91. The van der Waals surface area contributed by atoms with Crippen molar-refractivity contribution < 1.29 is 19.1 Å². The first-order chi connectivity index (χ1) is 13.1. The Morgan fingerprint density at radius 3 is 2.32 bits per heavy atom. The van der Waals surface area contributed by atoms with Crippen molar-refractivity contribution >= 4 is 33.8 Å². The van der Waals surface area contributed by atoms with Crippen molar-refractivity contribution in [1.29, 1.82) is 0 Å². The zero-order valence-electron chi connectivity index (χ0n) is 16.6. The second-order valence-electron chi connectivity index (χ2n) is 7.82. The van der Waals surface area contributed by atoms with Crippen molar-refractivity contribution in [3.8, 4) is 0 Å². The summed E-state index contributed by atoms with van der Waals surface area (Å²) in [5.41, 5.74) is 0.104. The Balaban J connectivity index is 1.67. The molecule has 0 unspecified atom stereocenters. The van der Waals surface area contributed by atoms with Crippen LogP contribution in [0.5, 0.6) is 0 Å². The Morgan fingerprint density at radius 2 is 1.75 bits per heavy atom. The lowest BCUT2D eigenvalue weighted by molar-refractivity contribution is -0.121. The highest BCUT2D eigenvalue weighted by Gasteiger charge is 2.24. The molecule has 154 valence electrons. The molecule has 1 aromatic rings. The van der Waals surface area contributed by atoms with Crippen LogP contribution in [0.2, 0.25) is 0 Å². The molecule has 0 saturated carbocycles. The number of amides is 3. The molecule has 2 N–H and O–H groups in total. The van der Waals surface area contributed by atoms with Gasteiger partial charge in [-0.05, 0) is 57.9 Å². The summed E-state index contributed by atoms with van der Waals surface area (Å²) in [5.74, 6) is -0.104. The summed E-state index contributed by atoms with van der Waals surface area (Å²) >= 11 is 3.36. The maximum Gasteiger partial charge on any atom is 0.407 e.